The summed E-state index contributed by atoms with van der Waals surface area (Å²) in [5, 5.41) is 5.64. The maximum absolute atomic E-state index is 11.7. The minimum absolute atomic E-state index is 0.187. The third kappa shape index (κ3) is 4.14. The number of carbonyl (C=O) groups is 1. The predicted molar refractivity (Wildman–Crippen MR) is 78.1 cm³/mol. The molecular weight excluding hydrogens is 236 g/mol. The Bertz CT molecular complexity index is 520. The molecule has 0 spiro atoms. The Morgan fingerprint density at radius 3 is 2.26 bits per heavy atom. The molecule has 2 rings (SSSR count). The van der Waals surface area contributed by atoms with E-state index >= 15 is 0 Å². The molecule has 3 nitrogen and oxygen atoms in total. The van der Waals surface area contributed by atoms with Crippen LogP contribution in [0.4, 0.5) is 10.5 Å². The predicted octanol–water partition coefficient (Wildman–Crippen LogP) is 3.57. The number of hydrogen-bond acceptors (Lipinski definition) is 1. The third-order valence-electron chi connectivity index (χ3n) is 2.92. The number of amides is 2. The van der Waals surface area contributed by atoms with Crippen molar-refractivity contribution < 1.29 is 4.79 Å². The van der Waals surface area contributed by atoms with Crippen molar-refractivity contribution in [3.8, 4) is 0 Å². The lowest BCUT2D eigenvalue weighted by molar-refractivity contribution is 0.251. The van der Waals surface area contributed by atoms with Crippen molar-refractivity contribution >= 4 is 11.7 Å². The van der Waals surface area contributed by atoms with Gasteiger partial charge in [-0.25, -0.2) is 4.79 Å². The van der Waals surface area contributed by atoms with E-state index < -0.39 is 0 Å². The van der Waals surface area contributed by atoms with E-state index in [4.69, 9.17) is 0 Å². The second-order valence-electron chi connectivity index (χ2n) is 4.34. The van der Waals surface area contributed by atoms with Crippen molar-refractivity contribution in [2.24, 2.45) is 0 Å². The van der Waals surface area contributed by atoms with Gasteiger partial charge in [-0.1, -0.05) is 49.4 Å². The summed E-state index contributed by atoms with van der Waals surface area (Å²) in [4.78, 5) is 11.7. The Hall–Kier alpha value is -2.29. The third-order valence-corrected chi connectivity index (χ3v) is 2.92. The van der Waals surface area contributed by atoms with Crippen molar-refractivity contribution in [3.05, 3.63) is 65.7 Å². The van der Waals surface area contributed by atoms with Gasteiger partial charge in [0, 0.05) is 12.2 Å². The molecule has 0 aliphatic heterocycles. The minimum atomic E-state index is -0.187. The van der Waals surface area contributed by atoms with Crippen molar-refractivity contribution in [2.45, 2.75) is 19.9 Å². The highest BCUT2D eigenvalue weighted by atomic mass is 16.2. The molecule has 0 aliphatic carbocycles. The van der Waals surface area contributed by atoms with Crippen LogP contribution in [0.5, 0.6) is 0 Å². The van der Waals surface area contributed by atoms with Gasteiger partial charge in [0.15, 0.2) is 0 Å². The first-order valence-corrected chi connectivity index (χ1v) is 6.45. The summed E-state index contributed by atoms with van der Waals surface area (Å²) >= 11 is 0. The topological polar surface area (TPSA) is 41.1 Å². The fraction of sp³-hybridized carbons (Fsp3) is 0.188. The zero-order valence-electron chi connectivity index (χ0n) is 11.0. The van der Waals surface area contributed by atoms with E-state index in [1.807, 2.05) is 54.6 Å². The molecule has 0 bridgehead atoms. The van der Waals surface area contributed by atoms with Crippen molar-refractivity contribution in [1.82, 2.24) is 5.32 Å². The average molecular weight is 254 g/mol. The monoisotopic (exact) mass is 254 g/mol. The second-order valence-corrected chi connectivity index (χ2v) is 4.34. The maximum Gasteiger partial charge on any atom is 0.319 e. The van der Waals surface area contributed by atoms with Gasteiger partial charge in [0.1, 0.15) is 0 Å². The van der Waals surface area contributed by atoms with E-state index in [-0.39, 0.29) is 6.03 Å². The molecule has 0 atom stereocenters. The summed E-state index contributed by atoms with van der Waals surface area (Å²) in [5.74, 6) is 0. The molecule has 2 aromatic carbocycles. The molecular formula is C16H18N2O. The Morgan fingerprint density at radius 1 is 0.947 bits per heavy atom. The van der Waals surface area contributed by atoms with Gasteiger partial charge in [0.05, 0.1) is 0 Å². The maximum atomic E-state index is 11.7. The summed E-state index contributed by atoms with van der Waals surface area (Å²) in [5.41, 5.74) is 3.15. The van der Waals surface area contributed by atoms with Gasteiger partial charge >= 0.3 is 6.03 Å². The van der Waals surface area contributed by atoms with Crippen LogP contribution in [0, 0.1) is 0 Å². The Balaban J connectivity index is 1.83. The molecule has 98 valence electrons. The summed E-state index contributed by atoms with van der Waals surface area (Å²) in [6.45, 7) is 2.63. The summed E-state index contributed by atoms with van der Waals surface area (Å²) in [6.07, 6.45) is 1.00. The number of nitrogens with one attached hydrogen (secondary N) is 2. The lowest BCUT2D eigenvalue weighted by atomic mass is 10.1. The van der Waals surface area contributed by atoms with E-state index in [0.717, 1.165) is 17.7 Å². The molecule has 0 unspecified atom stereocenters. The van der Waals surface area contributed by atoms with E-state index in [2.05, 4.69) is 17.6 Å². The first-order chi connectivity index (χ1) is 9.28. The highest BCUT2D eigenvalue weighted by Crippen LogP contribution is 2.09. The first kappa shape index (κ1) is 13.1. The molecule has 19 heavy (non-hydrogen) atoms. The largest absolute Gasteiger partial charge is 0.334 e. The zero-order valence-corrected chi connectivity index (χ0v) is 11.0. The van der Waals surface area contributed by atoms with Gasteiger partial charge in [-0.15, -0.1) is 0 Å². The molecule has 0 saturated carbocycles. The van der Waals surface area contributed by atoms with Crippen LogP contribution < -0.4 is 10.6 Å². The fourth-order valence-electron chi connectivity index (χ4n) is 1.78. The zero-order chi connectivity index (χ0) is 13.5. The lowest BCUT2D eigenvalue weighted by Crippen LogP contribution is -2.28. The Kier molecular flexibility index (Phi) is 4.56. The van der Waals surface area contributed by atoms with E-state index in [1.165, 1.54) is 5.56 Å². The number of anilines is 1. The molecule has 3 heteroatoms. The molecule has 0 heterocycles. The summed E-state index contributed by atoms with van der Waals surface area (Å²) < 4.78 is 0. The van der Waals surface area contributed by atoms with Gasteiger partial charge < -0.3 is 10.6 Å². The highest BCUT2D eigenvalue weighted by molar-refractivity contribution is 5.89. The Labute approximate surface area is 113 Å². The van der Waals surface area contributed by atoms with Crippen molar-refractivity contribution in [3.63, 3.8) is 0 Å². The summed E-state index contributed by atoms with van der Waals surface area (Å²) in [6, 6.07) is 17.5. The van der Waals surface area contributed by atoms with Crippen molar-refractivity contribution in [1.29, 1.82) is 0 Å². The van der Waals surface area contributed by atoms with Gasteiger partial charge in [0.25, 0.3) is 0 Å². The molecule has 2 amide bonds. The van der Waals surface area contributed by atoms with Crippen LogP contribution in [0.2, 0.25) is 0 Å². The molecule has 2 aromatic rings. The van der Waals surface area contributed by atoms with Crippen molar-refractivity contribution in [2.75, 3.05) is 5.32 Å². The number of benzene rings is 2. The van der Waals surface area contributed by atoms with Crippen LogP contribution in [0.1, 0.15) is 18.1 Å². The summed E-state index contributed by atoms with van der Waals surface area (Å²) in [7, 11) is 0. The van der Waals surface area contributed by atoms with Crippen LogP contribution >= 0.6 is 0 Å². The molecule has 0 aromatic heterocycles. The van der Waals surface area contributed by atoms with Crippen LogP contribution in [0.3, 0.4) is 0 Å². The standard InChI is InChI=1S/C16H18N2O/c1-2-13-8-10-15(11-9-13)18-16(19)17-12-14-6-4-3-5-7-14/h3-11H,2,12H2,1H3,(H2,17,18,19). The molecule has 2 N–H and O–H groups in total. The van der Waals surface area contributed by atoms with Gasteiger partial charge in [-0.2, -0.15) is 0 Å². The number of rotatable bonds is 4. The molecule has 0 aliphatic rings. The fourth-order valence-corrected chi connectivity index (χ4v) is 1.78. The van der Waals surface area contributed by atoms with Crippen LogP contribution in [0.25, 0.3) is 0 Å². The van der Waals surface area contributed by atoms with E-state index in [0.29, 0.717) is 6.54 Å². The normalized spacial score (nSPS) is 9.95. The molecule has 0 fully saturated rings. The van der Waals surface area contributed by atoms with Crippen LogP contribution in [0.15, 0.2) is 54.6 Å². The van der Waals surface area contributed by atoms with E-state index in [9.17, 15) is 4.79 Å². The number of aryl methyl sites for hydroxylation is 1. The van der Waals surface area contributed by atoms with E-state index in [1.54, 1.807) is 0 Å². The average Bonchev–Trinajstić information content (AvgIpc) is 2.47. The van der Waals surface area contributed by atoms with Crippen LogP contribution in [-0.2, 0) is 13.0 Å². The first-order valence-electron chi connectivity index (χ1n) is 6.45. The van der Waals surface area contributed by atoms with Gasteiger partial charge in [-0.3, -0.25) is 0 Å². The minimum Gasteiger partial charge on any atom is -0.334 e. The second kappa shape index (κ2) is 6.59. The lowest BCUT2D eigenvalue weighted by Gasteiger charge is -2.08. The Morgan fingerprint density at radius 2 is 1.63 bits per heavy atom. The van der Waals surface area contributed by atoms with Crippen LogP contribution in [-0.4, -0.2) is 6.03 Å². The number of hydrogen-bond donors (Lipinski definition) is 2. The SMILES string of the molecule is CCc1ccc(NC(=O)NCc2ccccc2)cc1. The van der Waals surface area contributed by atoms with Gasteiger partial charge in [-0.05, 0) is 29.7 Å². The quantitative estimate of drug-likeness (QED) is 0.860. The number of carbonyl (C=O) groups excluding carboxylic acids is 1. The van der Waals surface area contributed by atoms with Gasteiger partial charge in [0.2, 0.25) is 0 Å². The number of urea groups is 1. The highest BCUT2D eigenvalue weighted by Gasteiger charge is 2.01. The smallest absolute Gasteiger partial charge is 0.319 e. The molecule has 0 saturated heterocycles. The molecule has 0 radical (unpaired) electrons.